The van der Waals surface area contributed by atoms with Gasteiger partial charge in [-0.1, -0.05) is 77.2 Å². The Morgan fingerprint density at radius 1 is 1.15 bits per heavy atom. The van der Waals surface area contributed by atoms with Gasteiger partial charge in [-0.3, -0.25) is 14.5 Å². The van der Waals surface area contributed by atoms with Crippen LogP contribution in [-0.4, -0.2) is 34.1 Å². The number of nitrogens with zero attached hydrogens (tertiary/aromatic N) is 3. The van der Waals surface area contributed by atoms with Gasteiger partial charge in [0.15, 0.2) is 27.2 Å². The van der Waals surface area contributed by atoms with Gasteiger partial charge in [0.1, 0.15) is 5.82 Å². The molecule has 5 aromatic rings. The summed E-state index contributed by atoms with van der Waals surface area (Å²) in [5, 5.41) is 20.8. The molecule has 206 valence electrons. The summed E-state index contributed by atoms with van der Waals surface area (Å²) in [6.45, 7) is 0. The second-order valence-corrected chi connectivity index (χ2v) is 11.5. The maximum atomic E-state index is 13.8. The Morgan fingerprint density at radius 3 is 2.68 bits per heavy atom. The molecule has 1 aliphatic rings. The lowest BCUT2D eigenvalue weighted by Gasteiger charge is -2.23. The zero-order valence-corrected chi connectivity index (χ0v) is 23.6. The monoisotopic (exact) mass is 607 g/mol. The number of amides is 1. The summed E-state index contributed by atoms with van der Waals surface area (Å²) < 4.78 is 25.6. The summed E-state index contributed by atoms with van der Waals surface area (Å²) >= 11 is 8.77. The number of carbonyl (C=O) groups excluding carboxylic acids is 2. The number of aliphatic hydroxyl groups is 1. The molecule has 2 aromatic heterocycles. The minimum Gasteiger partial charge on any atom is -0.503 e. The predicted molar refractivity (Wildman–Crippen MR) is 154 cm³/mol. The molecule has 1 N–H and O–H groups in total. The highest BCUT2D eigenvalue weighted by atomic mass is 35.5. The number of halogens is 2. The van der Waals surface area contributed by atoms with Gasteiger partial charge in [0, 0.05) is 16.2 Å². The number of carbonyl (C=O) groups is 2. The number of fused-ring (bicyclic) bond motifs is 1. The number of benzene rings is 3. The quantitative estimate of drug-likeness (QED) is 0.112. The average Bonchev–Trinajstić information content (AvgIpc) is 3.69. The van der Waals surface area contributed by atoms with Gasteiger partial charge in [-0.25, -0.2) is 4.39 Å². The van der Waals surface area contributed by atoms with E-state index in [1.54, 1.807) is 24.3 Å². The van der Waals surface area contributed by atoms with Crippen molar-refractivity contribution in [2.45, 2.75) is 16.1 Å². The predicted octanol–water partition coefficient (Wildman–Crippen LogP) is 7.16. The van der Waals surface area contributed by atoms with Crippen molar-refractivity contribution in [3.05, 3.63) is 112 Å². The molecule has 1 unspecified atom stereocenters. The van der Waals surface area contributed by atoms with Crippen LogP contribution in [0.1, 0.15) is 27.7 Å². The van der Waals surface area contributed by atoms with Crippen molar-refractivity contribution in [3.8, 4) is 5.75 Å². The minimum absolute atomic E-state index is 0.0962. The van der Waals surface area contributed by atoms with E-state index in [0.29, 0.717) is 37.4 Å². The molecular weight excluding hydrogens is 589 g/mol. The zero-order chi connectivity index (χ0) is 28.7. The van der Waals surface area contributed by atoms with E-state index in [1.165, 1.54) is 54.1 Å². The number of aromatic nitrogens is 2. The molecule has 1 aliphatic heterocycles. The number of ketones is 1. The summed E-state index contributed by atoms with van der Waals surface area (Å²) in [7, 11) is 1.48. The third kappa shape index (κ3) is 4.96. The number of para-hydroxylation sites is 1. The lowest BCUT2D eigenvalue weighted by molar-refractivity contribution is -0.117. The molecule has 1 amide bonds. The number of anilines is 1. The average molecular weight is 608 g/mol. The third-order valence-electron chi connectivity index (χ3n) is 6.50. The molecule has 0 spiro atoms. The maximum absolute atomic E-state index is 13.8. The van der Waals surface area contributed by atoms with Crippen LogP contribution in [0.25, 0.3) is 11.0 Å². The fourth-order valence-corrected chi connectivity index (χ4v) is 6.70. The Kier molecular flexibility index (Phi) is 7.24. The molecule has 0 radical (unpaired) electrons. The number of aliphatic hydroxyl groups excluding tert-OH is 1. The molecule has 6 rings (SSSR count). The number of ether oxygens (including phenoxy) is 1. The lowest BCUT2D eigenvalue weighted by Crippen LogP contribution is -2.31. The van der Waals surface area contributed by atoms with Crippen LogP contribution in [0, 0.1) is 5.82 Å². The smallest absolute Gasteiger partial charge is 0.296 e. The van der Waals surface area contributed by atoms with Gasteiger partial charge >= 0.3 is 0 Å². The molecular formula is C29H19ClFN3O5S2. The summed E-state index contributed by atoms with van der Waals surface area (Å²) in [5.74, 6) is -1.94. The molecule has 0 aliphatic carbocycles. The van der Waals surface area contributed by atoms with Crippen molar-refractivity contribution in [2.24, 2.45) is 0 Å². The molecule has 1 atom stereocenters. The number of hydrogen-bond donors (Lipinski definition) is 1. The Balaban J connectivity index is 1.37. The Bertz CT molecular complexity index is 1840. The minimum atomic E-state index is -1.11. The van der Waals surface area contributed by atoms with Crippen molar-refractivity contribution in [3.63, 3.8) is 0 Å². The van der Waals surface area contributed by atoms with E-state index >= 15 is 0 Å². The van der Waals surface area contributed by atoms with E-state index in [1.807, 2.05) is 18.2 Å². The number of rotatable bonds is 8. The Labute approximate surface area is 246 Å². The molecule has 3 aromatic carbocycles. The molecule has 0 saturated heterocycles. The van der Waals surface area contributed by atoms with Gasteiger partial charge in [-0.15, -0.1) is 10.2 Å². The van der Waals surface area contributed by atoms with Gasteiger partial charge in [0.05, 0.1) is 18.7 Å². The Hall–Kier alpha value is -4.19. The van der Waals surface area contributed by atoms with Gasteiger partial charge in [0.2, 0.25) is 10.9 Å². The van der Waals surface area contributed by atoms with Crippen LogP contribution in [0.5, 0.6) is 5.75 Å². The van der Waals surface area contributed by atoms with E-state index in [2.05, 4.69) is 10.2 Å². The summed E-state index contributed by atoms with van der Waals surface area (Å²) in [6.07, 6.45) is 0. The molecule has 0 bridgehead atoms. The number of furan rings is 1. The second-order valence-electron chi connectivity index (χ2n) is 8.94. The lowest BCUT2D eigenvalue weighted by atomic mass is 9.95. The van der Waals surface area contributed by atoms with Crippen LogP contribution in [0.3, 0.4) is 0 Å². The first-order valence-corrected chi connectivity index (χ1v) is 14.4. The fourth-order valence-electron chi connectivity index (χ4n) is 4.55. The normalized spacial score (nSPS) is 15.2. The van der Waals surface area contributed by atoms with Crippen molar-refractivity contribution in [2.75, 3.05) is 12.0 Å². The van der Waals surface area contributed by atoms with Crippen LogP contribution in [0.4, 0.5) is 9.52 Å². The topological polar surface area (TPSA) is 106 Å². The standard InChI is InChI=1S/C29H19ClFN3O5S2/c1-38-20-8-4-6-16-13-21(39-26(16)20)24(35)22-23(15-9-11-18(31)12-10-15)34(27(37)25(22)36)28-32-33-29(41-28)40-14-17-5-2-3-7-19(17)30/h2-13,23,36H,14H2,1H3. The first-order chi connectivity index (χ1) is 19.9. The van der Waals surface area contributed by atoms with Crippen LogP contribution < -0.4 is 9.64 Å². The van der Waals surface area contributed by atoms with E-state index in [4.69, 9.17) is 20.8 Å². The highest BCUT2D eigenvalue weighted by Gasteiger charge is 2.47. The first-order valence-electron chi connectivity index (χ1n) is 12.2. The third-order valence-corrected chi connectivity index (χ3v) is 8.97. The zero-order valence-electron chi connectivity index (χ0n) is 21.2. The van der Waals surface area contributed by atoms with Crippen molar-refractivity contribution in [1.82, 2.24) is 10.2 Å². The molecule has 12 heteroatoms. The van der Waals surface area contributed by atoms with Crippen LogP contribution in [0.2, 0.25) is 5.02 Å². The van der Waals surface area contributed by atoms with Gasteiger partial charge in [-0.2, -0.15) is 0 Å². The SMILES string of the molecule is COc1cccc2cc(C(=O)C3=C(O)C(=O)N(c4nnc(SCc5ccccc5Cl)s4)C3c3ccc(F)cc3)oc12. The Morgan fingerprint density at radius 2 is 1.93 bits per heavy atom. The van der Waals surface area contributed by atoms with Gasteiger partial charge in [-0.05, 0) is 41.5 Å². The number of methoxy groups -OCH3 is 1. The highest BCUT2D eigenvalue weighted by Crippen LogP contribution is 2.44. The number of Topliss-reactive ketones (excluding diaryl/α,β-unsaturated/α-hetero) is 1. The van der Waals surface area contributed by atoms with Crippen LogP contribution in [0.15, 0.2) is 92.9 Å². The van der Waals surface area contributed by atoms with Crippen molar-refractivity contribution in [1.29, 1.82) is 0 Å². The highest BCUT2D eigenvalue weighted by molar-refractivity contribution is 8.00. The molecule has 0 saturated carbocycles. The fraction of sp³-hybridized carbons (Fsp3) is 0.103. The molecule has 3 heterocycles. The maximum Gasteiger partial charge on any atom is 0.296 e. The molecule has 0 fully saturated rings. The van der Waals surface area contributed by atoms with Gasteiger partial charge in [0.25, 0.3) is 5.91 Å². The van der Waals surface area contributed by atoms with Crippen LogP contribution >= 0.6 is 34.7 Å². The van der Waals surface area contributed by atoms with E-state index in [-0.39, 0.29) is 16.5 Å². The number of hydrogen-bond acceptors (Lipinski definition) is 9. The molecule has 8 nitrogen and oxygen atoms in total. The van der Waals surface area contributed by atoms with E-state index < -0.39 is 29.3 Å². The summed E-state index contributed by atoms with van der Waals surface area (Å²) in [4.78, 5) is 28.5. The van der Waals surface area contributed by atoms with E-state index in [0.717, 1.165) is 16.9 Å². The van der Waals surface area contributed by atoms with Crippen molar-refractivity contribution >= 4 is 62.5 Å². The van der Waals surface area contributed by atoms with Crippen LogP contribution in [-0.2, 0) is 10.5 Å². The van der Waals surface area contributed by atoms with E-state index in [9.17, 15) is 19.1 Å². The molecule has 41 heavy (non-hydrogen) atoms. The number of thioether (sulfide) groups is 1. The summed E-state index contributed by atoms with van der Waals surface area (Å²) in [5.41, 5.74) is 1.43. The summed E-state index contributed by atoms with van der Waals surface area (Å²) in [6, 6.07) is 18.3. The second kappa shape index (κ2) is 11.0. The van der Waals surface area contributed by atoms with Crippen molar-refractivity contribution < 1.29 is 28.2 Å². The first kappa shape index (κ1) is 27.0. The largest absolute Gasteiger partial charge is 0.503 e. The van der Waals surface area contributed by atoms with Gasteiger partial charge < -0.3 is 14.3 Å².